The van der Waals surface area contributed by atoms with Crippen molar-refractivity contribution in [1.29, 1.82) is 0 Å². The Kier molecular flexibility index (Phi) is 3.19. The van der Waals surface area contributed by atoms with Crippen molar-refractivity contribution in [2.45, 2.75) is 31.5 Å². The summed E-state index contributed by atoms with van der Waals surface area (Å²) in [5.74, 6) is 0. The largest absolute Gasteiger partial charge is 0.445 e. The molecule has 0 spiro atoms. The zero-order valence-corrected chi connectivity index (χ0v) is 10.3. The third-order valence-electron chi connectivity index (χ3n) is 3.84. The number of ether oxygens (including phenoxy) is 1. The number of amides is 1. The number of hydrogen-bond acceptors (Lipinski definition) is 3. The Hall–Kier alpha value is -1.55. The first-order chi connectivity index (χ1) is 8.84. The molecule has 0 radical (unpaired) electrons. The van der Waals surface area contributed by atoms with Gasteiger partial charge in [-0.2, -0.15) is 0 Å². The number of nitrogens with one attached hydrogen (secondary N) is 1. The maximum absolute atomic E-state index is 12.0. The van der Waals surface area contributed by atoms with Crippen LogP contribution in [0.1, 0.15) is 18.4 Å². The number of piperazine rings is 1. The summed E-state index contributed by atoms with van der Waals surface area (Å²) in [7, 11) is 0. The van der Waals surface area contributed by atoms with Gasteiger partial charge in [0.25, 0.3) is 0 Å². The lowest BCUT2D eigenvalue weighted by atomic mass is 9.83. The van der Waals surface area contributed by atoms with E-state index in [1.165, 1.54) is 6.42 Å². The summed E-state index contributed by atoms with van der Waals surface area (Å²) < 4.78 is 5.38. The molecule has 3 rings (SSSR count). The lowest BCUT2D eigenvalue weighted by Crippen LogP contribution is -2.64. The number of carbonyl (C=O) groups is 1. The van der Waals surface area contributed by atoms with Crippen LogP contribution in [0.2, 0.25) is 0 Å². The molecule has 2 aliphatic rings. The summed E-state index contributed by atoms with van der Waals surface area (Å²) in [4.78, 5) is 13.9. The van der Waals surface area contributed by atoms with Crippen molar-refractivity contribution in [3.8, 4) is 0 Å². The van der Waals surface area contributed by atoms with Gasteiger partial charge in [-0.1, -0.05) is 30.3 Å². The third kappa shape index (κ3) is 2.20. The molecular weight excluding hydrogens is 228 g/mol. The molecule has 0 unspecified atom stereocenters. The van der Waals surface area contributed by atoms with E-state index in [0.29, 0.717) is 18.7 Å². The molecule has 1 heterocycles. The Labute approximate surface area is 107 Å². The average molecular weight is 246 g/mol. The van der Waals surface area contributed by atoms with Gasteiger partial charge in [0.1, 0.15) is 6.61 Å². The van der Waals surface area contributed by atoms with Crippen LogP contribution in [0.4, 0.5) is 4.79 Å². The van der Waals surface area contributed by atoms with E-state index >= 15 is 0 Å². The van der Waals surface area contributed by atoms with Gasteiger partial charge >= 0.3 is 6.09 Å². The van der Waals surface area contributed by atoms with Gasteiger partial charge < -0.3 is 15.0 Å². The van der Waals surface area contributed by atoms with Crippen molar-refractivity contribution in [2.24, 2.45) is 0 Å². The second kappa shape index (κ2) is 4.98. The smallest absolute Gasteiger partial charge is 0.410 e. The summed E-state index contributed by atoms with van der Waals surface area (Å²) in [6.07, 6.45) is 2.10. The number of benzene rings is 1. The maximum Gasteiger partial charge on any atom is 0.410 e. The first-order valence-electron chi connectivity index (χ1n) is 6.55. The van der Waals surface area contributed by atoms with Gasteiger partial charge in [0.15, 0.2) is 0 Å². The van der Waals surface area contributed by atoms with E-state index in [9.17, 15) is 4.79 Å². The molecule has 1 amide bonds. The summed E-state index contributed by atoms with van der Waals surface area (Å²) in [6.45, 7) is 2.00. The van der Waals surface area contributed by atoms with E-state index in [4.69, 9.17) is 4.74 Å². The van der Waals surface area contributed by atoms with Crippen molar-refractivity contribution in [3.63, 3.8) is 0 Å². The molecule has 2 atom stereocenters. The van der Waals surface area contributed by atoms with Crippen molar-refractivity contribution >= 4 is 6.09 Å². The highest BCUT2D eigenvalue weighted by atomic mass is 16.6. The van der Waals surface area contributed by atoms with Gasteiger partial charge in [-0.15, -0.1) is 0 Å². The Balaban J connectivity index is 1.55. The lowest BCUT2D eigenvalue weighted by Gasteiger charge is -2.48. The monoisotopic (exact) mass is 246 g/mol. The van der Waals surface area contributed by atoms with Crippen LogP contribution in [0.5, 0.6) is 0 Å². The summed E-state index contributed by atoms with van der Waals surface area (Å²) in [5.41, 5.74) is 1.03. The second-order valence-corrected chi connectivity index (χ2v) is 4.94. The average Bonchev–Trinajstić information content (AvgIpc) is 2.38. The number of rotatable bonds is 2. The molecule has 1 saturated heterocycles. The van der Waals surface area contributed by atoms with Crippen molar-refractivity contribution < 1.29 is 9.53 Å². The zero-order valence-electron chi connectivity index (χ0n) is 10.3. The minimum atomic E-state index is -0.171. The highest BCUT2D eigenvalue weighted by Gasteiger charge is 2.40. The molecule has 1 aliphatic heterocycles. The fourth-order valence-electron chi connectivity index (χ4n) is 2.66. The molecule has 1 saturated carbocycles. The number of nitrogens with zero attached hydrogens (tertiary/aromatic N) is 1. The number of carbonyl (C=O) groups excluding carboxylic acids is 1. The Morgan fingerprint density at radius 2 is 2.17 bits per heavy atom. The standard InChI is InChI=1S/C14H18N2O2/c17-14(18-10-11-4-2-1-3-5-11)16-9-8-15-12-6-7-13(12)16/h1-5,12-13,15H,6-10H2/t12-,13+/m0/s1. The van der Waals surface area contributed by atoms with Gasteiger partial charge in [0, 0.05) is 19.1 Å². The first kappa shape index (κ1) is 11.5. The molecule has 1 aliphatic carbocycles. The van der Waals surface area contributed by atoms with Crippen LogP contribution in [0.3, 0.4) is 0 Å². The van der Waals surface area contributed by atoms with Gasteiger partial charge in [-0.25, -0.2) is 4.79 Å². The summed E-state index contributed by atoms with van der Waals surface area (Å²) in [5, 5.41) is 3.43. The van der Waals surface area contributed by atoms with Crippen molar-refractivity contribution in [2.75, 3.05) is 13.1 Å². The lowest BCUT2D eigenvalue weighted by molar-refractivity contribution is 0.0288. The van der Waals surface area contributed by atoms with Gasteiger partial charge in [-0.3, -0.25) is 0 Å². The van der Waals surface area contributed by atoms with Gasteiger partial charge in [-0.05, 0) is 18.4 Å². The third-order valence-corrected chi connectivity index (χ3v) is 3.84. The minimum absolute atomic E-state index is 0.171. The highest BCUT2D eigenvalue weighted by molar-refractivity contribution is 5.68. The second-order valence-electron chi connectivity index (χ2n) is 4.94. The van der Waals surface area contributed by atoms with Crippen LogP contribution in [0, 0.1) is 0 Å². The normalized spacial score (nSPS) is 26.1. The zero-order chi connectivity index (χ0) is 12.4. The van der Waals surface area contributed by atoms with E-state index in [-0.39, 0.29) is 6.09 Å². The fraction of sp³-hybridized carbons (Fsp3) is 0.500. The Morgan fingerprint density at radius 1 is 1.33 bits per heavy atom. The molecule has 18 heavy (non-hydrogen) atoms. The fourth-order valence-corrected chi connectivity index (χ4v) is 2.66. The van der Waals surface area contributed by atoms with E-state index in [2.05, 4.69) is 5.32 Å². The SMILES string of the molecule is O=C(OCc1ccccc1)N1CCN[C@H]2CC[C@H]21. The summed E-state index contributed by atoms with van der Waals surface area (Å²) in [6, 6.07) is 10.6. The molecular formula is C14H18N2O2. The van der Waals surface area contributed by atoms with Crippen LogP contribution < -0.4 is 5.32 Å². The molecule has 2 fully saturated rings. The van der Waals surface area contributed by atoms with E-state index < -0.39 is 0 Å². The van der Waals surface area contributed by atoms with Gasteiger partial charge in [0.05, 0.1) is 6.04 Å². The summed E-state index contributed by atoms with van der Waals surface area (Å²) >= 11 is 0. The Bertz CT molecular complexity index is 421. The molecule has 4 heteroatoms. The van der Waals surface area contributed by atoms with Crippen molar-refractivity contribution in [3.05, 3.63) is 35.9 Å². The van der Waals surface area contributed by atoms with E-state index in [0.717, 1.165) is 25.1 Å². The quantitative estimate of drug-likeness (QED) is 0.864. The van der Waals surface area contributed by atoms with Crippen LogP contribution >= 0.6 is 0 Å². The minimum Gasteiger partial charge on any atom is -0.445 e. The van der Waals surface area contributed by atoms with E-state index in [1.54, 1.807) is 0 Å². The first-order valence-corrected chi connectivity index (χ1v) is 6.55. The van der Waals surface area contributed by atoms with Crippen LogP contribution in [0.15, 0.2) is 30.3 Å². The van der Waals surface area contributed by atoms with Crippen molar-refractivity contribution in [1.82, 2.24) is 10.2 Å². The molecule has 96 valence electrons. The molecule has 4 nitrogen and oxygen atoms in total. The predicted octanol–water partition coefficient (Wildman–Crippen LogP) is 1.76. The van der Waals surface area contributed by atoms with Crippen LogP contribution in [-0.2, 0) is 11.3 Å². The van der Waals surface area contributed by atoms with Crippen LogP contribution in [-0.4, -0.2) is 36.2 Å². The van der Waals surface area contributed by atoms with E-state index in [1.807, 2.05) is 35.2 Å². The Morgan fingerprint density at radius 3 is 2.89 bits per heavy atom. The van der Waals surface area contributed by atoms with Crippen LogP contribution in [0.25, 0.3) is 0 Å². The number of hydrogen-bond donors (Lipinski definition) is 1. The molecule has 1 N–H and O–H groups in total. The molecule has 0 bridgehead atoms. The molecule has 1 aromatic rings. The molecule has 1 aromatic carbocycles. The maximum atomic E-state index is 12.0. The highest BCUT2D eigenvalue weighted by Crippen LogP contribution is 2.28. The topological polar surface area (TPSA) is 41.6 Å². The predicted molar refractivity (Wildman–Crippen MR) is 68.1 cm³/mol. The number of fused-ring (bicyclic) bond motifs is 1. The molecule has 0 aromatic heterocycles. The van der Waals surface area contributed by atoms with Gasteiger partial charge in [0.2, 0.25) is 0 Å².